The minimum atomic E-state index is -0.523. The van der Waals surface area contributed by atoms with Gasteiger partial charge in [0.15, 0.2) is 6.61 Å². The van der Waals surface area contributed by atoms with Crippen molar-refractivity contribution in [3.05, 3.63) is 83.9 Å². The maximum atomic E-state index is 12.2. The third-order valence-electron chi connectivity index (χ3n) is 5.66. The van der Waals surface area contributed by atoms with Crippen molar-refractivity contribution in [3.63, 3.8) is 0 Å². The van der Waals surface area contributed by atoms with Crippen LogP contribution in [-0.2, 0) is 24.5 Å². The van der Waals surface area contributed by atoms with E-state index in [1.54, 1.807) is 30.3 Å². The number of hydrogen-bond acceptors (Lipinski definition) is 5. The Kier molecular flexibility index (Phi) is 9.44. The first-order valence-electron chi connectivity index (χ1n) is 12.3. The highest BCUT2D eigenvalue weighted by atomic mass is 16.5. The third-order valence-corrected chi connectivity index (χ3v) is 5.66. The third kappa shape index (κ3) is 9.11. The molecule has 0 atom stereocenters. The smallest absolute Gasteiger partial charge is 0.306 e. The molecule has 2 N–H and O–H groups in total. The Bertz CT molecular complexity index is 1210. The molecule has 194 valence electrons. The van der Waals surface area contributed by atoms with Crippen LogP contribution >= 0.6 is 0 Å². The Morgan fingerprint density at radius 1 is 0.757 bits per heavy atom. The second-order valence-electron chi connectivity index (χ2n) is 9.83. The fourth-order valence-electron chi connectivity index (χ4n) is 3.50. The Hall–Kier alpha value is -4.13. The van der Waals surface area contributed by atoms with Gasteiger partial charge in [-0.3, -0.25) is 14.4 Å². The van der Waals surface area contributed by atoms with Crippen molar-refractivity contribution in [1.29, 1.82) is 0 Å². The van der Waals surface area contributed by atoms with E-state index in [2.05, 4.69) is 43.5 Å². The van der Waals surface area contributed by atoms with Crippen molar-refractivity contribution in [1.82, 2.24) is 0 Å². The molecule has 0 fully saturated rings. The van der Waals surface area contributed by atoms with E-state index in [4.69, 9.17) is 9.47 Å². The van der Waals surface area contributed by atoms with Gasteiger partial charge in [-0.25, -0.2) is 0 Å². The van der Waals surface area contributed by atoms with Crippen LogP contribution in [0.4, 0.5) is 11.4 Å². The number of hydrogen-bond donors (Lipinski definition) is 2. The van der Waals surface area contributed by atoms with Crippen LogP contribution in [-0.4, -0.2) is 24.4 Å². The lowest BCUT2D eigenvalue weighted by molar-refractivity contribution is -0.147. The van der Waals surface area contributed by atoms with Gasteiger partial charge in [-0.05, 0) is 72.4 Å². The number of para-hydroxylation sites is 1. The lowest BCUT2D eigenvalue weighted by Gasteiger charge is -2.19. The number of nitrogens with one attached hydrogen (secondary N) is 2. The molecule has 0 aliphatic carbocycles. The molecule has 7 nitrogen and oxygen atoms in total. The summed E-state index contributed by atoms with van der Waals surface area (Å²) in [5.74, 6) is 0.260. The van der Waals surface area contributed by atoms with Crippen LogP contribution in [0.5, 0.6) is 11.5 Å². The number of amides is 2. The number of anilines is 2. The molecule has 0 aliphatic rings. The van der Waals surface area contributed by atoms with Gasteiger partial charge in [-0.15, -0.1) is 0 Å². The van der Waals surface area contributed by atoms with E-state index < -0.39 is 11.9 Å². The van der Waals surface area contributed by atoms with Crippen molar-refractivity contribution in [3.8, 4) is 11.5 Å². The summed E-state index contributed by atoms with van der Waals surface area (Å²) in [7, 11) is 0. The Balaban J connectivity index is 1.35. The molecule has 2 amide bonds. The van der Waals surface area contributed by atoms with Gasteiger partial charge in [0.05, 0.1) is 0 Å². The highest BCUT2D eigenvalue weighted by molar-refractivity contribution is 5.93. The van der Waals surface area contributed by atoms with Crippen LogP contribution in [0, 0.1) is 6.92 Å². The highest BCUT2D eigenvalue weighted by Crippen LogP contribution is 2.27. The maximum absolute atomic E-state index is 12.2. The molecule has 3 aromatic carbocycles. The fourth-order valence-corrected chi connectivity index (χ4v) is 3.50. The zero-order valence-electron chi connectivity index (χ0n) is 21.8. The summed E-state index contributed by atoms with van der Waals surface area (Å²) < 4.78 is 10.9. The molecule has 37 heavy (non-hydrogen) atoms. The molecule has 0 saturated carbocycles. The van der Waals surface area contributed by atoms with Crippen LogP contribution in [0.2, 0.25) is 0 Å². The predicted molar refractivity (Wildman–Crippen MR) is 145 cm³/mol. The molecule has 0 radical (unpaired) electrons. The van der Waals surface area contributed by atoms with E-state index in [1.165, 1.54) is 5.56 Å². The highest BCUT2D eigenvalue weighted by Gasteiger charge is 2.13. The van der Waals surface area contributed by atoms with E-state index >= 15 is 0 Å². The van der Waals surface area contributed by atoms with Crippen molar-refractivity contribution in [2.75, 3.05) is 17.2 Å². The lowest BCUT2D eigenvalue weighted by Crippen LogP contribution is -2.21. The first kappa shape index (κ1) is 27.5. The Morgan fingerprint density at radius 2 is 1.38 bits per heavy atom. The van der Waals surface area contributed by atoms with Gasteiger partial charge in [0, 0.05) is 24.2 Å². The van der Waals surface area contributed by atoms with Gasteiger partial charge in [-0.1, -0.05) is 51.1 Å². The van der Waals surface area contributed by atoms with Crippen LogP contribution < -0.4 is 15.4 Å². The van der Waals surface area contributed by atoms with Gasteiger partial charge >= 0.3 is 5.97 Å². The number of rotatable bonds is 10. The normalized spacial score (nSPS) is 10.9. The summed E-state index contributed by atoms with van der Waals surface area (Å²) in [6.45, 7) is 8.00. The van der Waals surface area contributed by atoms with Crippen molar-refractivity contribution < 1.29 is 23.9 Å². The summed E-state index contributed by atoms with van der Waals surface area (Å²) in [6.07, 6.45) is 0.518. The van der Waals surface area contributed by atoms with E-state index in [1.807, 2.05) is 37.3 Å². The zero-order chi connectivity index (χ0) is 26.8. The van der Waals surface area contributed by atoms with Crippen molar-refractivity contribution in [2.24, 2.45) is 0 Å². The predicted octanol–water partition coefficient (Wildman–Crippen LogP) is 6.38. The average Bonchev–Trinajstić information content (AvgIpc) is 2.85. The SMILES string of the molecule is Cc1ccccc1NC(=O)COC(=O)CCCC(=O)Nc1ccc(Oc2ccc(C(C)(C)C)cc2)cc1. The Labute approximate surface area is 218 Å². The molecule has 0 bridgehead atoms. The monoisotopic (exact) mass is 502 g/mol. The molecular weight excluding hydrogens is 468 g/mol. The van der Waals surface area contributed by atoms with Gasteiger partial charge in [0.1, 0.15) is 11.5 Å². The van der Waals surface area contributed by atoms with Gasteiger partial charge in [-0.2, -0.15) is 0 Å². The topological polar surface area (TPSA) is 93.7 Å². The van der Waals surface area contributed by atoms with Gasteiger partial charge < -0.3 is 20.1 Å². The lowest BCUT2D eigenvalue weighted by atomic mass is 9.87. The number of aryl methyl sites for hydroxylation is 1. The largest absolute Gasteiger partial charge is 0.457 e. The number of esters is 1. The summed E-state index contributed by atoms with van der Waals surface area (Å²) >= 11 is 0. The molecule has 0 spiro atoms. The van der Waals surface area contributed by atoms with Crippen molar-refractivity contribution >= 4 is 29.2 Å². The molecular formula is C30H34N2O5. The molecule has 0 saturated heterocycles. The second-order valence-corrected chi connectivity index (χ2v) is 9.83. The minimum Gasteiger partial charge on any atom is -0.457 e. The van der Waals surface area contributed by atoms with Crippen molar-refractivity contribution in [2.45, 2.75) is 52.4 Å². The summed E-state index contributed by atoms with van der Waals surface area (Å²) in [5.41, 5.74) is 3.54. The van der Waals surface area contributed by atoms with E-state index in [0.29, 0.717) is 23.5 Å². The Morgan fingerprint density at radius 3 is 2.00 bits per heavy atom. The molecule has 7 heteroatoms. The minimum absolute atomic E-state index is 0.0475. The average molecular weight is 503 g/mol. The zero-order valence-corrected chi connectivity index (χ0v) is 21.8. The van der Waals surface area contributed by atoms with Crippen LogP contribution in [0.25, 0.3) is 0 Å². The summed E-state index contributed by atoms with van der Waals surface area (Å²) in [4.78, 5) is 36.1. The van der Waals surface area contributed by atoms with Gasteiger partial charge in [0.2, 0.25) is 5.91 Å². The molecule has 0 heterocycles. The summed E-state index contributed by atoms with van der Waals surface area (Å²) in [6, 6.07) is 22.4. The number of ether oxygens (including phenoxy) is 2. The fraction of sp³-hybridized carbons (Fsp3) is 0.300. The molecule has 0 aliphatic heterocycles. The van der Waals surface area contributed by atoms with Crippen LogP contribution in [0.3, 0.4) is 0 Å². The first-order chi connectivity index (χ1) is 17.6. The maximum Gasteiger partial charge on any atom is 0.306 e. The second kappa shape index (κ2) is 12.7. The molecule has 0 unspecified atom stereocenters. The first-order valence-corrected chi connectivity index (χ1v) is 12.3. The number of carbonyl (C=O) groups excluding carboxylic acids is 3. The standard InChI is InChI=1S/C30H34N2O5/c1-21-8-5-6-9-26(21)32-28(34)20-36-29(35)11-7-10-27(33)31-23-14-18-25(19-15-23)37-24-16-12-22(13-17-24)30(2,3)4/h5-6,8-9,12-19H,7,10-11,20H2,1-4H3,(H,31,33)(H,32,34). The molecule has 0 aromatic heterocycles. The van der Waals surface area contributed by atoms with Gasteiger partial charge in [0.25, 0.3) is 5.91 Å². The molecule has 3 aromatic rings. The van der Waals surface area contributed by atoms with E-state index in [0.717, 1.165) is 11.3 Å². The number of carbonyl (C=O) groups is 3. The van der Waals surface area contributed by atoms with E-state index in [9.17, 15) is 14.4 Å². The summed E-state index contributed by atoms with van der Waals surface area (Å²) in [5, 5.41) is 5.51. The molecule has 3 rings (SSSR count). The van der Waals surface area contributed by atoms with Crippen LogP contribution in [0.1, 0.15) is 51.2 Å². The van der Waals surface area contributed by atoms with Crippen LogP contribution in [0.15, 0.2) is 72.8 Å². The number of benzene rings is 3. The quantitative estimate of drug-likeness (QED) is 0.314. The van der Waals surface area contributed by atoms with E-state index in [-0.39, 0.29) is 30.8 Å².